The van der Waals surface area contributed by atoms with E-state index >= 15 is 0 Å². The standard InChI is InChI=1S/C15H18N2O2S/c1-17-15(13-5-3-2-4-6-13)11-12-7-9-14(10-8-12)20(16,18)19/h2-10,15,17H,11H2,1H3,(H2,16,18,19). The second kappa shape index (κ2) is 6.17. The van der Waals surface area contributed by atoms with Gasteiger partial charge < -0.3 is 5.32 Å². The highest BCUT2D eigenvalue weighted by atomic mass is 32.2. The highest BCUT2D eigenvalue weighted by Gasteiger charge is 2.11. The minimum Gasteiger partial charge on any atom is -0.313 e. The van der Waals surface area contributed by atoms with Gasteiger partial charge in [0.15, 0.2) is 0 Å². The number of hydrogen-bond donors (Lipinski definition) is 2. The predicted molar refractivity (Wildman–Crippen MR) is 79.8 cm³/mol. The van der Waals surface area contributed by atoms with Crippen molar-refractivity contribution < 1.29 is 8.42 Å². The molecule has 2 aromatic rings. The molecule has 0 aliphatic heterocycles. The van der Waals surface area contributed by atoms with Gasteiger partial charge in [0.2, 0.25) is 10.0 Å². The first-order valence-electron chi connectivity index (χ1n) is 6.34. The summed E-state index contributed by atoms with van der Waals surface area (Å²) in [6.07, 6.45) is 0.783. The summed E-state index contributed by atoms with van der Waals surface area (Å²) in [5, 5.41) is 8.35. The topological polar surface area (TPSA) is 72.2 Å². The van der Waals surface area contributed by atoms with Gasteiger partial charge in [0.25, 0.3) is 0 Å². The highest BCUT2D eigenvalue weighted by molar-refractivity contribution is 7.89. The molecule has 20 heavy (non-hydrogen) atoms. The number of nitrogens with one attached hydrogen (secondary N) is 1. The zero-order chi connectivity index (χ0) is 14.6. The Morgan fingerprint density at radius 2 is 1.65 bits per heavy atom. The molecule has 1 atom stereocenters. The molecule has 0 fully saturated rings. The Balaban J connectivity index is 2.17. The van der Waals surface area contributed by atoms with Gasteiger partial charge in [-0.3, -0.25) is 0 Å². The van der Waals surface area contributed by atoms with E-state index < -0.39 is 10.0 Å². The van der Waals surface area contributed by atoms with E-state index in [0.717, 1.165) is 12.0 Å². The Morgan fingerprint density at radius 3 is 2.15 bits per heavy atom. The minimum atomic E-state index is -3.62. The fourth-order valence-electron chi connectivity index (χ4n) is 2.12. The van der Waals surface area contributed by atoms with Crippen molar-refractivity contribution >= 4 is 10.0 Å². The summed E-state index contributed by atoms with van der Waals surface area (Å²) in [6, 6.07) is 17.0. The van der Waals surface area contributed by atoms with Crippen LogP contribution in [0.5, 0.6) is 0 Å². The minimum absolute atomic E-state index is 0.141. The fraction of sp³-hybridized carbons (Fsp3) is 0.200. The van der Waals surface area contributed by atoms with Crippen LogP contribution in [-0.4, -0.2) is 15.5 Å². The molecular formula is C15H18N2O2S. The molecule has 106 valence electrons. The normalized spacial score (nSPS) is 13.1. The van der Waals surface area contributed by atoms with E-state index in [1.807, 2.05) is 25.2 Å². The number of rotatable bonds is 5. The van der Waals surface area contributed by atoms with Crippen LogP contribution in [0.25, 0.3) is 0 Å². The maximum absolute atomic E-state index is 11.2. The first-order valence-corrected chi connectivity index (χ1v) is 7.89. The van der Waals surface area contributed by atoms with E-state index in [9.17, 15) is 8.42 Å². The lowest BCUT2D eigenvalue weighted by atomic mass is 9.99. The molecular weight excluding hydrogens is 272 g/mol. The van der Waals surface area contributed by atoms with E-state index in [1.54, 1.807) is 24.3 Å². The smallest absolute Gasteiger partial charge is 0.238 e. The number of benzene rings is 2. The van der Waals surface area contributed by atoms with Crippen LogP contribution in [0.2, 0.25) is 0 Å². The Kier molecular flexibility index (Phi) is 4.54. The van der Waals surface area contributed by atoms with Crippen molar-refractivity contribution in [2.75, 3.05) is 7.05 Å². The van der Waals surface area contributed by atoms with Gasteiger partial charge in [0.1, 0.15) is 0 Å². The van der Waals surface area contributed by atoms with Gasteiger partial charge in [-0.25, -0.2) is 13.6 Å². The Hall–Kier alpha value is -1.69. The van der Waals surface area contributed by atoms with E-state index in [4.69, 9.17) is 5.14 Å². The van der Waals surface area contributed by atoms with Crippen LogP contribution in [0.15, 0.2) is 59.5 Å². The number of likely N-dealkylation sites (N-methyl/N-ethyl adjacent to an activating group) is 1. The van der Waals surface area contributed by atoms with E-state index in [0.29, 0.717) is 0 Å². The average molecular weight is 290 g/mol. The molecule has 0 saturated heterocycles. The Morgan fingerprint density at radius 1 is 1.05 bits per heavy atom. The SMILES string of the molecule is CNC(Cc1ccc(S(N)(=O)=O)cc1)c1ccccc1. The molecule has 5 heteroatoms. The number of nitrogens with two attached hydrogens (primary N) is 1. The molecule has 2 rings (SSSR count). The lowest BCUT2D eigenvalue weighted by molar-refractivity contribution is 0.591. The van der Waals surface area contributed by atoms with Gasteiger partial charge in [0, 0.05) is 6.04 Å². The van der Waals surface area contributed by atoms with Crippen molar-refractivity contribution in [3.8, 4) is 0 Å². The lowest BCUT2D eigenvalue weighted by Gasteiger charge is -2.16. The molecule has 0 radical (unpaired) electrons. The molecule has 2 aromatic carbocycles. The molecule has 4 nitrogen and oxygen atoms in total. The van der Waals surface area contributed by atoms with Crippen LogP contribution >= 0.6 is 0 Å². The molecule has 3 N–H and O–H groups in total. The van der Waals surface area contributed by atoms with Gasteiger partial charge in [-0.05, 0) is 36.7 Å². The Labute approximate surface area is 119 Å². The third-order valence-electron chi connectivity index (χ3n) is 3.24. The molecule has 0 saturated carbocycles. The second-order valence-electron chi connectivity index (χ2n) is 4.65. The predicted octanol–water partition coefficient (Wildman–Crippen LogP) is 1.84. The first-order chi connectivity index (χ1) is 9.50. The zero-order valence-corrected chi connectivity index (χ0v) is 12.1. The molecule has 0 amide bonds. The maximum Gasteiger partial charge on any atom is 0.238 e. The monoisotopic (exact) mass is 290 g/mol. The summed E-state index contributed by atoms with van der Waals surface area (Å²) in [5.41, 5.74) is 2.26. The first kappa shape index (κ1) is 14.7. The molecule has 0 spiro atoms. The molecule has 0 heterocycles. The van der Waals surface area contributed by atoms with Crippen molar-refractivity contribution in [2.45, 2.75) is 17.4 Å². The van der Waals surface area contributed by atoms with Crippen molar-refractivity contribution in [1.82, 2.24) is 5.32 Å². The van der Waals surface area contributed by atoms with Crippen LogP contribution < -0.4 is 10.5 Å². The summed E-state index contributed by atoms with van der Waals surface area (Å²) >= 11 is 0. The van der Waals surface area contributed by atoms with Crippen LogP contribution in [0.1, 0.15) is 17.2 Å². The summed E-state index contributed by atoms with van der Waals surface area (Å²) in [4.78, 5) is 0.141. The fourth-order valence-corrected chi connectivity index (χ4v) is 2.64. The largest absolute Gasteiger partial charge is 0.313 e. The third kappa shape index (κ3) is 3.66. The molecule has 0 aliphatic carbocycles. The van der Waals surface area contributed by atoms with Crippen LogP contribution in [0, 0.1) is 0 Å². The zero-order valence-electron chi connectivity index (χ0n) is 11.3. The highest BCUT2D eigenvalue weighted by Crippen LogP contribution is 2.19. The van der Waals surface area contributed by atoms with E-state index in [1.165, 1.54) is 5.56 Å². The van der Waals surface area contributed by atoms with E-state index in [-0.39, 0.29) is 10.9 Å². The van der Waals surface area contributed by atoms with E-state index in [2.05, 4.69) is 17.4 Å². The van der Waals surface area contributed by atoms with Gasteiger partial charge in [0.05, 0.1) is 4.90 Å². The van der Waals surface area contributed by atoms with Crippen LogP contribution in [0.3, 0.4) is 0 Å². The summed E-state index contributed by atoms with van der Waals surface area (Å²) in [5.74, 6) is 0. The summed E-state index contributed by atoms with van der Waals surface area (Å²) in [6.45, 7) is 0. The van der Waals surface area contributed by atoms with Gasteiger partial charge in [-0.2, -0.15) is 0 Å². The lowest BCUT2D eigenvalue weighted by Crippen LogP contribution is -2.18. The second-order valence-corrected chi connectivity index (χ2v) is 6.21. The Bertz CT molecular complexity index is 652. The number of sulfonamides is 1. The summed E-state index contributed by atoms with van der Waals surface area (Å²) < 4.78 is 22.4. The number of primary sulfonamides is 1. The number of hydrogen-bond acceptors (Lipinski definition) is 3. The van der Waals surface area contributed by atoms with Crippen LogP contribution in [-0.2, 0) is 16.4 Å². The van der Waals surface area contributed by atoms with Gasteiger partial charge >= 0.3 is 0 Å². The van der Waals surface area contributed by atoms with Crippen molar-refractivity contribution in [3.63, 3.8) is 0 Å². The van der Waals surface area contributed by atoms with Crippen LogP contribution in [0.4, 0.5) is 0 Å². The third-order valence-corrected chi connectivity index (χ3v) is 4.17. The average Bonchev–Trinajstić information content (AvgIpc) is 2.45. The molecule has 0 aromatic heterocycles. The van der Waals surface area contributed by atoms with Crippen molar-refractivity contribution in [3.05, 3.63) is 65.7 Å². The summed E-state index contributed by atoms with van der Waals surface area (Å²) in [7, 11) is -1.71. The molecule has 1 unspecified atom stereocenters. The quantitative estimate of drug-likeness (QED) is 0.882. The molecule has 0 bridgehead atoms. The van der Waals surface area contributed by atoms with Gasteiger partial charge in [-0.1, -0.05) is 42.5 Å². The van der Waals surface area contributed by atoms with Gasteiger partial charge in [-0.15, -0.1) is 0 Å². The van der Waals surface area contributed by atoms with Crippen molar-refractivity contribution in [2.24, 2.45) is 5.14 Å². The molecule has 0 aliphatic rings. The van der Waals surface area contributed by atoms with Crippen molar-refractivity contribution in [1.29, 1.82) is 0 Å². The maximum atomic E-state index is 11.2.